The van der Waals surface area contributed by atoms with E-state index < -0.39 is 11.5 Å². The van der Waals surface area contributed by atoms with Gasteiger partial charge in [-0.25, -0.2) is 0 Å². The number of halogens is 1. The SMILES string of the molecule is Cc1sc(C(O)C2(C#N)CC3CCC2C3)cc1Br. The lowest BCUT2D eigenvalue weighted by molar-refractivity contribution is 0.0259. The van der Waals surface area contributed by atoms with Crippen LogP contribution < -0.4 is 0 Å². The first-order valence-corrected chi connectivity index (χ1v) is 8.03. The summed E-state index contributed by atoms with van der Waals surface area (Å²) >= 11 is 5.09. The molecule has 2 bridgehead atoms. The van der Waals surface area contributed by atoms with Gasteiger partial charge in [-0.1, -0.05) is 6.42 Å². The van der Waals surface area contributed by atoms with Crippen molar-refractivity contribution in [2.75, 3.05) is 0 Å². The molecule has 0 saturated heterocycles. The Hall–Kier alpha value is -0.370. The zero-order valence-corrected chi connectivity index (χ0v) is 12.7. The Labute approximate surface area is 120 Å². The molecule has 1 N–H and O–H groups in total. The lowest BCUT2D eigenvalue weighted by Crippen LogP contribution is -2.32. The van der Waals surface area contributed by atoms with E-state index >= 15 is 0 Å². The van der Waals surface area contributed by atoms with Crippen LogP contribution in [-0.4, -0.2) is 5.11 Å². The third kappa shape index (κ3) is 1.68. The first-order valence-electron chi connectivity index (χ1n) is 6.42. The maximum absolute atomic E-state index is 10.7. The molecule has 0 spiro atoms. The molecule has 3 rings (SSSR count). The maximum Gasteiger partial charge on any atom is 0.107 e. The highest BCUT2D eigenvalue weighted by Crippen LogP contribution is 2.61. The van der Waals surface area contributed by atoms with Crippen LogP contribution in [0.5, 0.6) is 0 Å². The topological polar surface area (TPSA) is 44.0 Å². The number of aliphatic hydroxyl groups excluding tert-OH is 1. The van der Waals surface area contributed by atoms with Crippen LogP contribution in [0.3, 0.4) is 0 Å². The van der Waals surface area contributed by atoms with Crippen molar-refractivity contribution in [3.63, 3.8) is 0 Å². The van der Waals surface area contributed by atoms with E-state index in [9.17, 15) is 10.4 Å². The number of fused-ring (bicyclic) bond motifs is 2. The Morgan fingerprint density at radius 2 is 2.39 bits per heavy atom. The minimum Gasteiger partial charge on any atom is -0.386 e. The van der Waals surface area contributed by atoms with Gasteiger partial charge in [0.1, 0.15) is 6.10 Å². The molecule has 18 heavy (non-hydrogen) atoms. The molecular formula is C14H16BrNOS. The highest BCUT2D eigenvalue weighted by atomic mass is 79.9. The van der Waals surface area contributed by atoms with E-state index in [-0.39, 0.29) is 0 Å². The summed E-state index contributed by atoms with van der Waals surface area (Å²) in [6.45, 7) is 2.03. The molecule has 2 nitrogen and oxygen atoms in total. The summed E-state index contributed by atoms with van der Waals surface area (Å²) in [7, 11) is 0. The fourth-order valence-corrected chi connectivity index (χ4v) is 5.43. The highest BCUT2D eigenvalue weighted by molar-refractivity contribution is 9.10. The van der Waals surface area contributed by atoms with Crippen LogP contribution in [-0.2, 0) is 0 Å². The first-order chi connectivity index (χ1) is 8.56. The Balaban J connectivity index is 1.96. The Morgan fingerprint density at radius 1 is 1.61 bits per heavy atom. The van der Waals surface area contributed by atoms with Crippen molar-refractivity contribution in [3.8, 4) is 6.07 Å². The van der Waals surface area contributed by atoms with Gasteiger partial charge in [0.15, 0.2) is 0 Å². The lowest BCUT2D eigenvalue weighted by Gasteiger charge is -2.34. The quantitative estimate of drug-likeness (QED) is 0.886. The third-order valence-electron chi connectivity index (χ3n) is 4.74. The molecule has 2 fully saturated rings. The summed E-state index contributed by atoms with van der Waals surface area (Å²) < 4.78 is 1.04. The smallest absolute Gasteiger partial charge is 0.107 e. The fraction of sp³-hybridized carbons (Fsp3) is 0.643. The van der Waals surface area contributed by atoms with Crippen LogP contribution >= 0.6 is 27.3 Å². The van der Waals surface area contributed by atoms with Crippen LogP contribution in [0.4, 0.5) is 0 Å². The van der Waals surface area contributed by atoms with Crippen molar-refractivity contribution in [1.82, 2.24) is 0 Å². The summed E-state index contributed by atoms with van der Waals surface area (Å²) in [6.07, 6.45) is 3.75. The average molecular weight is 326 g/mol. The van der Waals surface area contributed by atoms with Crippen LogP contribution in [0.2, 0.25) is 0 Å². The molecule has 2 aliphatic rings. The number of nitrogens with zero attached hydrogens (tertiary/aromatic N) is 1. The van der Waals surface area contributed by atoms with E-state index in [2.05, 4.69) is 22.0 Å². The molecule has 1 aromatic heterocycles. The van der Waals surface area contributed by atoms with E-state index in [0.29, 0.717) is 11.8 Å². The van der Waals surface area contributed by atoms with Crippen LogP contribution in [0.15, 0.2) is 10.5 Å². The second-order valence-corrected chi connectivity index (χ2v) is 7.83. The van der Waals surface area contributed by atoms with E-state index in [1.165, 1.54) is 11.3 Å². The number of aryl methyl sites for hydroxylation is 1. The molecule has 0 amide bonds. The standard InChI is InChI=1S/C14H16BrNOS/c1-8-11(15)5-12(18-8)13(17)14(7-16)6-9-2-3-10(14)4-9/h5,9-10,13,17H,2-4,6H2,1H3. The molecule has 2 aliphatic carbocycles. The predicted octanol–water partition coefficient (Wildman–Crippen LogP) is 4.18. The number of rotatable bonds is 2. The number of aliphatic hydroxyl groups is 1. The summed E-state index contributed by atoms with van der Waals surface area (Å²) in [5.41, 5.74) is -0.528. The van der Waals surface area contributed by atoms with Crippen molar-refractivity contribution in [1.29, 1.82) is 5.26 Å². The predicted molar refractivity (Wildman–Crippen MR) is 75.2 cm³/mol. The van der Waals surface area contributed by atoms with E-state index in [0.717, 1.165) is 28.6 Å². The van der Waals surface area contributed by atoms with Gasteiger partial charge in [-0.3, -0.25) is 0 Å². The molecule has 4 atom stereocenters. The van der Waals surface area contributed by atoms with Gasteiger partial charge in [-0.2, -0.15) is 5.26 Å². The molecule has 1 aromatic rings. The summed E-state index contributed by atoms with van der Waals surface area (Å²) in [6, 6.07) is 4.46. The van der Waals surface area contributed by atoms with Gasteiger partial charge < -0.3 is 5.11 Å². The molecule has 4 unspecified atom stereocenters. The lowest BCUT2D eigenvalue weighted by atomic mass is 9.70. The second-order valence-electron chi connectivity index (χ2n) is 5.69. The van der Waals surface area contributed by atoms with Gasteiger partial charge in [0.05, 0.1) is 11.5 Å². The van der Waals surface area contributed by atoms with Crippen molar-refractivity contribution in [2.45, 2.75) is 38.7 Å². The molecule has 0 radical (unpaired) electrons. The number of nitriles is 1. The normalized spacial score (nSPS) is 35.7. The summed E-state index contributed by atoms with van der Waals surface area (Å²) in [5, 5.41) is 20.3. The first kappa shape index (κ1) is 12.7. The van der Waals surface area contributed by atoms with Crippen LogP contribution in [0, 0.1) is 35.5 Å². The fourth-order valence-electron chi connectivity index (χ4n) is 3.78. The average Bonchev–Trinajstić information content (AvgIpc) is 3.04. The van der Waals surface area contributed by atoms with E-state index in [1.54, 1.807) is 11.3 Å². The third-order valence-corrected chi connectivity index (χ3v) is 6.93. The molecule has 2 saturated carbocycles. The van der Waals surface area contributed by atoms with Gasteiger partial charge in [0.25, 0.3) is 0 Å². The molecule has 4 heteroatoms. The van der Waals surface area contributed by atoms with Crippen molar-refractivity contribution < 1.29 is 5.11 Å². The Kier molecular flexibility index (Phi) is 3.04. The molecule has 1 heterocycles. The highest BCUT2D eigenvalue weighted by Gasteiger charge is 2.56. The Bertz CT molecular complexity index is 501. The minimum absolute atomic E-state index is 0.392. The number of thiophene rings is 1. The summed E-state index contributed by atoms with van der Waals surface area (Å²) in [4.78, 5) is 2.11. The van der Waals surface area contributed by atoms with Gasteiger partial charge in [-0.05, 0) is 60.0 Å². The monoisotopic (exact) mass is 325 g/mol. The molecule has 0 aromatic carbocycles. The zero-order chi connectivity index (χ0) is 12.9. The van der Waals surface area contributed by atoms with Gasteiger partial charge in [0.2, 0.25) is 0 Å². The van der Waals surface area contributed by atoms with Crippen LogP contribution in [0.25, 0.3) is 0 Å². The van der Waals surface area contributed by atoms with Gasteiger partial charge >= 0.3 is 0 Å². The largest absolute Gasteiger partial charge is 0.386 e. The zero-order valence-electron chi connectivity index (χ0n) is 10.3. The number of hydrogen-bond donors (Lipinski definition) is 1. The minimum atomic E-state index is -0.618. The molecule has 0 aliphatic heterocycles. The molecular weight excluding hydrogens is 310 g/mol. The van der Waals surface area contributed by atoms with Crippen molar-refractivity contribution in [3.05, 3.63) is 20.3 Å². The second kappa shape index (κ2) is 4.33. The van der Waals surface area contributed by atoms with Crippen LogP contribution in [0.1, 0.15) is 41.5 Å². The van der Waals surface area contributed by atoms with Gasteiger partial charge in [-0.15, -0.1) is 11.3 Å². The van der Waals surface area contributed by atoms with Crippen molar-refractivity contribution >= 4 is 27.3 Å². The Morgan fingerprint density at radius 3 is 2.83 bits per heavy atom. The summed E-state index contributed by atoms with van der Waals surface area (Å²) in [5.74, 6) is 1.05. The van der Waals surface area contributed by atoms with Crippen molar-refractivity contribution in [2.24, 2.45) is 17.3 Å². The number of hydrogen-bond acceptors (Lipinski definition) is 3. The maximum atomic E-state index is 10.7. The molecule has 96 valence electrons. The van der Waals surface area contributed by atoms with E-state index in [4.69, 9.17) is 0 Å². The van der Waals surface area contributed by atoms with Gasteiger partial charge in [0, 0.05) is 14.2 Å². The van der Waals surface area contributed by atoms with E-state index in [1.807, 2.05) is 13.0 Å².